The molecule has 2 fully saturated rings. The third-order valence-corrected chi connectivity index (χ3v) is 9.16. The summed E-state index contributed by atoms with van der Waals surface area (Å²) in [7, 11) is 2.11. The molecular weight excluding hydrogens is 602 g/mol. The van der Waals surface area contributed by atoms with E-state index in [1.165, 1.54) is 0 Å². The second kappa shape index (κ2) is 12.9. The van der Waals surface area contributed by atoms with E-state index in [-0.39, 0.29) is 24.6 Å². The Morgan fingerprint density at radius 1 is 1.11 bits per heavy atom. The molecule has 0 bridgehead atoms. The summed E-state index contributed by atoms with van der Waals surface area (Å²) in [6, 6.07) is 12.5. The molecule has 4 aromatic rings. The molecule has 0 N–H and O–H groups in total. The van der Waals surface area contributed by atoms with Crippen LogP contribution in [0.15, 0.2) is 42.6 Å². The summed E-state index contributed by atoms with van der Waals surface area (Å²) in [6.07, 6.45) is 3.54. The highest BCUT2D eigenvalue weighted by molar-refractivity contribution is 6.38. The molecule has 2 aliphatic heterocycles. The Morgan fingerprint density at radius 2 is 1.89 bits per heavy atom. The fourth-order valence-corrected chi connectivity index (χ4v) is 6.77. The van der Waals surface area contributed by atoms with Crippen molar-refractivity contribution in [3.05, 3.63) is 64.6 Å². The normalized spacial score (nSPS) is 19.1. The number of anilines is 1. The number of amides is 1. The molecule has 46 heavy (non-hydrogen) atoms. The van der Waals surface area contributed by atoms with Crippen LogP contribution in [-0.2, 0) is 4.74 Å². The highest BCUT2D eigenvalue weighted by Crippen LogP contribution is 2.39. The van der Waals surface area contributed by atoms with Gasteiger partial charge in [-0.1, -0.05) is 48.0 Å². The first-order valence-corrected chi connectivity index (χ1v) is 16.2. The van der Waals surface area contributed by atoms with E-state index in [4.69, 9.17) is 42.6 Å². The van der Waals surface area contributed by atoms with Gasteiger partial charge in [-0.2, -0.15) is 9.97 Å². The number of fused-ring (bicyclic) bond motifs is 2. The molecule has 2 aromatic carbocycles. The monoisotopic (exact) mass is 641 g/mol. The third-order valence-electron chi connectivity index (χ3n) is 8.80. The SMILES string of the molecule is [C-]#[N+]C[C@H]1CN(c2nc(OC[C@@H]3CCCN3C)nc3c(Cl)c(-c4cccc5cccc(C)c45)ncc23)CCN1C(=O)OC(C)(C)C. The van der Waals surface area contributed by atoms with Crippen molar-refractivity contribution in [2.75, 3.05) is 51.3 Å². The van der Waals surface area contributed by atoms with E-state index in [0.29, 0.717) is 53.7 Å². The van der Waals surface area contributed by atoms with Crippen LogP contribution in [0, 0.1) is 13.5 Å². The quantitative estimate of drug-likeness (QED) is 0.217. The number of ether oxygens (including phenoxy) is 2. The van der Waals surface area contributed by atoms with E-state index in [1.807, 2.05) is 39.0 Å². The number of likely N-dealkylation sites (tertiary alicyclic amines) is 1. The number of pyridine rings is 1. The van der Waals surface area contributed by atoms with Gasteiger partial charge in [0.2, 0.25) is 6.54 Å². The predicted molar refractivity (Wildman–Crippen MR) is 182 cm³/mol. The Kier molecular flexibility index (Phi) is 8.90. The van der Waals surface area contributed by atoms with Gasteiger partial charge in [0, 0.05) is 37.4 Å². The molecule has 2 aromatic heterocycles. The average molecular weight is 642 g/mol. The topological polar surface area (TPSA) is 88.3 Å². The molecule has 2 aliphatic rings. The van der Waals surface area contributed by atoms with Gasteiger partial charge in [-0.25, -0.2) is 11.4 Å². The molecule has 10 nitrogen and oxygen atoms in total. The zero-order valence-corrected chi connectivity index (χ0v) is 27.8. The summed E-state index contributed by atoms with van der Waals surface area (Å²) in [5.41, 5.74) is 2.62. The van der Waals surface area contributed by atoms with Crippen molar-refractivity contribution in [2.45, 2.75) is 58.2 Å². The maximum Gasteiger partial charge on any atom is 0.410 e. The van der Waals surface area contributed by atoms with Crippen molar-refractivity contribution < 1.29 is 14.3 Å². The van der Waals surface area contributed by atoms with Crippen molar-refractivity contribution in [1.29, 1.82) is 0 Å². The predicted octanol–water partition coefficient (Wildman–Crippen LogP) is 6.62. The number of halogens is 1. The number of piperazine rings is 1. The molecule has 0 spiro atoms. The number of carbonyl (C=O) groups excluding carboxylic acids is 1. The van der Waals surface area contributed by atoms with Gasteiger partial charge >= 0.3 is 12.1 Å². The number of rotatable bonds is 6. The molecule has 0 aliphatic carbocycles. The summed E-state index contributed by atoms with van der Waals surface area (Å²) in [5, 5.41) is 3.31. The Labute approximate surface area is 275 Å². The Morgan fingerprint density at radius 3 is 2.61 bits per heavy atom. The molecule has 4 heterocycles. The van der Waals surface area contributed by atoms with Gasteiger partial charge in [-0.05, 0) is 70.5 Å². The molecule has 240 valence electrons. The first-order valence-electron chi connectivity index (χ1n) is 15.8. The van der Waals surface area contributed by atoms with Gasteiger partial charge in [0.25, 0.3) is 0 Å². The third kappa shape index (κ3) is 6.39. The largest absolute Gasteiger partial charge is 0.462 e. The summed E-state index contributed by atoms with van der Waals surface area (Å²) >= 11 is 7.22. The summed E-state index contributed by atoms with van der Waals surface area (Å²) < 4.78 is 11.9. The molecule has 2 saturated heterocycles. The van der Waals surface area contributed by atoms with E-state index in [1.54, 1.807) is 11.1 Å². The van der Waals surface area contributed by atoms with Crippen LogP contribution in [0.2, 0.25) is 5.02 Å². The smallest absolute Gasteiger partial charge is 0.410 e. The number of aryl methyl sites for hydroxylation is 1. The lowest BCUT2D eigenvalue weighted by Crippen LogP contribution is -2.57. The molecule has 6 rings (SSSR count). The highest BCUT2D eigenvalue weighted by atomic mass is 35.5. The molecule has 0 saturated carbocycles. The van der Waals surface area contributed by atoms with Crippen LogP contribution in [0.5, 0.6) is 6.01 Å². The molecule has 11 heteroatoms. The lowest BCUT2D eigenvalue weighted by molar-refractivity contribution is 0.0155. The molecule has 0 unspecified atom stereocenters. The van der Waals surface area contributed by atoms with E-state index in [9.17, 15) is 4.79 Å². The van der Waals surface area contributed by atoms with Crippen molar-refractivity contribution in [2.24, 2.45) is 0 Å². The average Bonchev–Trinajstić information content (AvgIpc) is 3.43. The van der Waals surface area contributed by atoms with Gasteiger partial charge < -0.3 is 24.1 Å². The second-order valence-corrected chi connectivity index (χ2v) is 13.6. The number of nitrogens with zero attached hydrogens (tertiary/aromatic N) is 7. The number of benzene rings is 2. The first kappa shape index (κ1) is 31.8. The van der Waals surface area contributed by atoms with Gasteiger partial charge in [0.15, 0.2) is 0 Å². The Balaban J connectivity index is 1.42. The molecule has 0 radical (unpaired) electrons. The van der Waals surface area contributed by atoms with Crippen molar-refractivity contribution in [1.82, 2.24) is 24.8 Å². The Hall–Kier alpha value is -4.20. The van der Waals surface area contributed by atoms with Gasteiger partial charge in [-0.15, -0.1) is 0 Å². The van der Waals surface area contributed by atoms with E-state index in [2.05, 4.69) is 46.8 Å². The van der Waals surface area contributed by atoms with Crippen LogP contribution >= 0.6 is 11.6 Å². The standard InChI is InChI=1S/C35H40ClN7O3/c1-22-10-7-11-23-12-8-14-26(28(22)23)30-29(36)31-27(19-38-30)32(40-33(39-31)45-21-24-13-9-15-41(24)6)42-16-17-43(25(20-42)18-37-5)34(44)46-35(2,3)4/h7-8,10-12,14,19,24-25H,9,13,15-18,20-21H2,1-4,6H3/t24-,25-/m0/s1. The maximum absolute atomic E-state index is 13.1. The minimum atomic E-state index is -0.637. The molecule has 2 atom stereocenters. The number of hydrogen-bond donors (Lipinski definition) is 0. The zero-order chi connectivity index (χ0) is 32.6. The summed E-state index contributed by atoms with van der Waals surface area (Å²) in [5.74, 6) is 0.619. The zero-order valence-electron chi connectivity index (χ0n) is 27.1. The maximum atomic E-state index is 13.1. The van der Waals surface area contributed by atoms with Crippen LogP contribution < -0.4 is 9.64 Å². The lowest BCUT2D eigenvalue weighted by atomic mass is 9.97. The minimum Gasteiger partial charge on any atom is -0.462 e. The van der Waals surface area contributed by atoms with Crippen molar-refractivity contribution >= 4 is 45.2 Å². The molecule has 1 amide bonds. The lowest BCUT2D eigenvalue weighted by Gasteiger charge is -2.40. The van der Waals surface area contributed by atoms with E-state index < -0.39 is 11.7 Å². The van der Waals surface area contributed by atoms with E-state index in [0.717, 1.165) is 41.3 Å². The minimum absolute atomic E-state index is 0.139. The van der Waals surface area contributed by atoms with Crippen LogP contribution in [0.3, 0.4) is 0 Å². The fourth-order valence-electron chi connectivity index (χ4n) is 6.47. The van der Waals surface area contributed by atoms with Gasteiger partial charge in [0.05, 0.1) is 16.1 Å². The Bertz CT molecular complexity index is 1810. The fraction of sp³-hybridized carbons (Fsp3) is 0.457. The van der Waals surface area contributed by atoms with Gasteiger partial charge in [0.1, 0.15) is 29.6 Å². The summed E-state index contributed by atoms with van der Waals surface area (Å²) in [4.78, 5) is 37.4. The first-order chi connectivity index (χ1) is 22.0. The number of hydrogen-bond acceptors (Lipinski definition) is 8. The van der Waals surface area contributed by atoms with Crippen LogP contribution in [-0.4, -0.2) is 94.9 Å². The van der Waals surface area contributed by atoms with Crippen LogP contribution in [0.25, 0.3) is 37.8 Å². The van der Waals surface area contributed by atoms with Crippen LogP contribution in [0.4, 0.5) is 10.6 Å². The number of carbonyl (C=O) groups is 1. The second-order valence-electron chi connectivity index (χ2n) is 13.2. The van der Waals surface area contributed by atoms with Gasteiger partial charge in [-0.3, -0.25) is 9.88 Å². The highest BCUT2D eigenvalue weighted by Gasteiger charge is 2.36. The van der Waals surface area contributed by atoms with Crippen molar-refractivity contribution in [3.8, 4) is 17.3 Å². The van der Waals surface area contributed by atoms with Crippen molar-refractivity contribution in [3.63, 3.8) is 0 Å². The number of likely N-dealkylation sites (N-methyl/N-ethyl adjacent to an activating group) is 1. The summed E-state index contributed by atoms with van der Waals surface area (Å²) in [6.45, 7) is 18.1. The molecular formula is C35H40ClN7O3. The van der Waals surface area contributed by atoms with Crippen LogP contribution in [0.1, 0.15) is 39.2 Å². The van der Waals surface area contributed by atoms with E-state index >= 15 is 0 Å². The number of aromatic nitrogens is 3.